The quantitative estimate of drug-likeness (QED) is 0.471. The smallest absolute Gasteiger partial charge is 0.414 e. The number of rotatable bonds is 7. The van der Waals surface area contributed by atoms with Crippen molar-refractivity contribution < 1.29 is 26.9 Å². The van der Waals surface area contributed by atoms with E-state index in [0.717, 1.165) is 50.9 Å². The Kier molecular flexibility index (Phi) is 7.47. The Morgan fingerprint density at radius 2 is 1.83 bits per heavy atom. The van der Waals surface area contributed by atoms with Crippen molar-refractivity contribution in [2.45, 2.75) is 89.0 Å². The molecule has 0 radical (unpaired) electrons. The van der Waals surface area contributed by atoms with Gasteiger partial charge in [0, 0.05) is 25.2 Å². The highest BCUT2D eigenvalue weighted by molar-refractivity contribution is 6.74. The molecule has 0 unspecified atom stereocenters. The molecule has 1 amide bonds. The van der Waals surface area contributed by atoms with E-state index < -0.39 is 20.1 Å². The third-order valence-electron chi connectivity index (χ3n) is 7.92. The van der Waals surface area contributed by atoms with Gasteiger partial charge >= 0.3 is 6.18 Å². The molecule has 1 saturated heterocycles. The number of hydrogen-bond donors (Lipinski definition) is 2. The number of carbonyl (C=O) groups is 1. The molecule has 0 atom stereocenters. The number of nitrogens with zero attached hydrogens (tertiary/aromatic N) is 2. The molecule has 1 aromatic carbocycles. The van der Waals surface area contributed by atoms with Crippen LogP contribution in [0.1, 0.15) is 52.0 Å². The van der Waals surface area contributed by atoms with Crippen LogP contribution in [0.2, 0.25) is 18.1 Å². The van der Waals surface area contributed by atoms with Gasteiger partial charge in [0.1, 0.15) is 0 Å². The minimum atomic E-state index is -4.47. The van der Waals surface area contributed by atoms with Gasteiger partial charge in [0.15, 0.2) is 19.7 Å². The lowest BCUT2D eigenvalue weighted by molar-refractivity contribution is -0.137. The zero-order chi connectivity index (χ0) is 26.3. The summed E-state index contributed by atoms with van der Waals surface area (Å²) in [5.41, 5.74) is -0.564. The highest BCUT2D eigenvalue weighted by Gasteiger charge is 2.41. The van der Waals surface area contributed by atoms with Crippen molar-refractivity contribution >= 4 is 31.0 Å². The van der Waals surface area contributed by atoms with Gasteiger partial charge in [-0.25, -0.2) is 0 Å². The molecule has 2 fully saturated rings. The first-order chi connectivity index (χ1) is 16.7. The van der Waals surface area contributed by atoms with E-state index in [1.807, 2.05) is 0 Å². The summed E-state index contributed by atoms with van der Waals surface area (Å²) in [5, 5.41) is 9.97. The number of halogens is 3. The van der Waals surface area contributed by atoms with Crippen LogP contribution >= 0.6 is 0 Å². The van der Waals surface area contributed by atoms with Crippen molar-refractivity contribution in [3.8, 4) is 0 Å². The van der Waals surface area contributed by atoms with Crippen molar-refractivity contribution in [2.24, 2.45) is 0 Å². The zero-order valence-electron chi connectivity index (χ0n) is 21.7. The van der Waals surface area contributed by atoms with Gasteiger partial charge in [0.25, 0.3) is 0 Å². The summed E-state index contributed by atoms with van der Waals surface area (Å²) in [6.45, 7) is 13.0. The van der Waals surface area contributed by atoms with Crippen LogP contribution in [0.3, 0.4) is 0 Å². The molecule has 7 nitrogen and oxygen atoms in total. The molecule has 4 rings (SSSR count). The molecular weight excluding hydrogens is 489 g/mol. The molecule has 2 N–H and O–H groups in total. The molecule has 1 aliphatic carbocycles. The maximum absolute atomic E-state index is 13.0. The van der Waals surface area contributed by atoms with E-state index in [0.29, 0.717) is 12.1 Å². The van der Waals surface area contributed by atoms with E-state index in [1.165, 1.54) is 6.07 Å². The lowest BCUT2D eigenvalue weighted by atomic mass is 9.89. The van der Waals surface area contributed by atoms with Crippen LogP contribution in [0.25, 0.3) is 11.0 Å². The first-order valence-electron chi connectivity index (χ1n) is 12.6. The van der Waals surface area contributed by atoms with E-state index in [4.69, 9.17) is 8.95 Å². The van der Waals surface area contributed by atoms with E-state index in [-0.39, 0.29) is 40.3 Å². The number of amides is 1. The normalized spacial score (nSPS) is 22.4. The second kappa shape index (κ2) is 9.98. The first-order valence-corrected chi connectivity index (χ1v) is 15.6. The number of likely N-dealkylation sites (tertiary alicyclic amines) is 1. The Bertz CT molecular complexity index is 1070. The van der Waals surface area contributed by atoms with Gasteiger partial charge in [0.2, 0.25) is 5.91 Å². The predicted molar refractivity (Wildman–Crippen MR) is 135 cm³/mol. The van der Waals surface area contributed by atoms with Gasteiger partial charge in [0.05, 0.1) is 23.5 Å². The Morgan fingerprint density at radius 1 is 1.17 bits per heavy atom. The number of hydrogen-bond acceptors (Lipinski definition) is 6. The maximum Gasteiger partial charge on any atom is 0.416 e. The maximum atomic E-state index is 13.0. The van der Waals surface area contributed by atoms with Crippen molar-refractivity contribution in [1.82, 2.24) is 15.4 Å². The number of anilines is 1. The molecular formula is C25H37F3N4O3Si. The molecule has 11 heteroatoms. The molecule has 2 heterocycles. The molecule has 1 aromatic heterocycles. The second-order valence-corrected chi connectivity index (χ2v) is 16.4. The molecule has 0 spiro atoms. The van der Waals surface area contributed by atoms with E-state index in [9.17, 15) is 18.0 Å². The van der Waals surface area contributed by atoms with Crippen molar-refractivity contribution in [2.75, 3.05) is 25.0 Å². The van der Waals surface area contributed by atoms with Crippen LogP contribution in [-0.2, 0) is 15.4 Å². The Morgan fingerprint density at radius 3 is 2.44 bits per heavy atom. The van der Waals surface area contributed by atoms with Gasteiger partial charge in [-0.1, -0.05) is 25.9 Å². The third kappa shape index (κ3) is 6.05. The molecule has 1 aliphatic heterocycles. The fourth-order valence-electron chi connectivity index (χ4n) is 4.71. The van der Waals surface area contributed by atoms with Crippen LogP contribution in [0, 0.1) is 0 Å². The summed E-state index contributed by atoms with van der Waals surface area (Å²) in [7, 11) is -1.75. The SMILES string of the molecule is CC(C)(C)[Si](C)(C)O[C@H]1CC[C@@H](N2CC(NC(=O)CNc3noc4ccc(C(F)(F)F)cc34)C2)CC1. The van der Waals surface area contributed by atoms with Gasteiger partial charge in [-0.2, -0.15) is 13.2 Å². The number of alkyl halides is 3. The third-order valence-corrected chi connectivity index (χ3v) is 12.5. The predicted octanol–water partition coefficient (Wildman–Crippen LogP) is 5.39. The lowest BCUT2D eigenvalue weighted by Gasteiger charge is -2.48. The average molecular weight is 527 g/mol. The van der Waals surface area contributed by atoms with Crippen molar-refractivity contribution in [1.29, 1.82) is 0 Å². The summed E-state index contributed by atoms with van der Waals surface area (Å²) >= 11 is 0. The topological polar surface area (TPSA) is 79.6 Å². The van der Waals surface area contributed by atoms with Gasteiger partial charge in [-0.15, -0.1) is 0 Å². The molecule has 200 valence electrons. The second-order valence-electron chi connectivity index (χ2n) is 11.6. The number of aromatic nitrogens is 1. The van der Waals surface area contributed by atoms with E-state index in [1.54, 1.807) is 0 Å². The largest absolute Gasteiger partial charge is 0.416 e. The summed E-state index contributed by atoms with van der Waals surface area (Å²) < 4.78 is 50.7. The fourth-order valence-corrected chi connectivity index (χ4v) is 6.13. The number of fused-ring (bicyclic) bond motifs is 1. The van der Waals surface area contributed by atoms with Crippen molar-refractivity contribution in [3.63, 3.8) is 0 Å². The molecule has 2 aromatic rings. The van der Waals surface area contributed by atoms with Crippen LogP contribution < -0.4 is 10.6 Å². The van der Waals surface area contributed by atoms with E-state index in [2.05, 4.69) is 54.6 Å². The summed E-state index contributed by atoms with van der Waals surface area (Å²) in [6.07, 6.45) is 0.270. The highest BCUT2D eigenvalue weighted by Crippen LogP contribution is 2.40. The van der Waals surface area contributed by atoms with Crippen LogP contribution in [0.5, 0.6) is 0 Å². The lowest BCUT2D eigenvalue weighted by Crippen LogP contribution is -2.63. The standard InChI is InChI=1S/C25H37F3N4O3Si/c1-24(2,3)36(4,5)35-19-9-7-18(8-10-19)32-14-17(15-32)30-22(33)13-29-23-20-12-16(25(26,27)28)6-11-21(20)34-31-23/h6,11-12,17-19H,7-10,13-15H2,1-5H3,(H,29,31)(H,30,33)/t18-,19+. The zero-order valence-corrected chi connectivity index (χ0v) is 22.7. The summed E-state index contributed by atoms with van der Waals surface area (Å²) in [6, 6.07) is 3.75. The number of carbonyl (C=O) groups excluding carboxylic acids is 1. The summed E-state index contributed by atoms with van der Waals surface area (Å²) in [4.78, 5) is 14.8. The Balaban J connectivity index is 1.19. The average Bonchev–Trinajstić information content (AvgIpc) is 3.16. The number of benzene rings is 1. The molecule has 2 aliphatic rings. The van der Waals surface area contributed by atoms with Gasteiger partial charge < -0.3 is 19.6 Å². The Labute approximate surface area is 211 Å². The molecule has 0 bridgehead atoms. The minimum Gasteiger partial charge on any atom is -0.414 e. The number of nitrogens with one attached hydrogen (secondary N) is 2. The molecule has 36 heavy (non-hydrogen) atoms. The monoisotopic (exact) mass is 526 g/mol. The first kappa shape index (κ1) is 26.9. The fraction of sp³-hybridized carbons (Fsp3) is 0.680. The van der Waals surface area contributed by atoms with Crippen molar-refractivity contribution in [3.05, 3.63) is 23.8 Å². The van der Waals surface area contributed by atoms with Gasteiger partial charge in [-0.3, -0.25) is 9.69 Å². The minimum absolute atomic E-state index is 0.0754. The highest BCUT2D eigenvalue weighted by atomic mass is 28.4. The van der Waals surface area contributed by atoms with Crippen LogP contribution in [0.15, 0.2) is 22.7 Å². The van der Waals surface area contributed by atoms with E-state index >= 15 is 0 Å². The van der Waals surface area contributed by atoms with Gasteiger partial charge in [-0.05, 0) is 62.0 Å². The van der Waals surface area contributed by atoms with Crippen LogP contribution in [0.4, 0.5) is 19.0 Å². The van der Waals surface area contributed by atoms with Crippen LogP contribution in [-0.4, -0.2) is 62.1 Å². The molecule has 1 saturated carbocycles. The Hall–Kier alpha value is -2.11. The summed E-state index contributed by atoms with van der Waals surface area (Å²) in [5.74, 6) is -0.104.